The van der Waals surface area contributed by atoms with Crippen LogP contribution in [0.4, 0.5) is 0 Å². The SMILES string of the molecule is CC(C)C1=CC=CC2=[O+][Si]OC2=C1. The van der Waals surface area contributed by atoms with Gasteiger partial charge < -0.3 is 8.54 Å². The van der Waals surface area contributed by atoms with E-state index in [4.69, 9.17) is 8.54 Å². The summed E-state index contributed by atoms with van der Waals surface area (Å²) in [6.07, 6.45) is 8.10. The van der Waals surface area contributed by atoms with Crippen molar-refractivity contribution in [2.75, 3.05) is 0 Å². The van der Waals surface area contributed by atoms with E-state index in [9.17, 15) is 0 Å². The van der Waals surface area contributed by atoms with E-state index in [1.165, 1.54) is 5.57 Å². The summed E-state index contributed by atoms with van der Waals surface area (Å²) in [5.74, 6) is 2.24. The summed E-state index contributed by atoms with van der Waals surface area (Å²) in [5.41, 5.74) is 1.27. The van der Waals surface area contributed by atoms with Crippen LogP contribution in [0.2, 0.25) is 0 Å². The van der Waals surface area contributed by atoms with Crippen LogP contribution in [-0.2, 0) is 8.54 Å². The van der Waals surface area contributed by atoms with Crippen molar-refractivity contribution >= 4 is 15.8 Å². The van der Waals surface area contributed by atoms with Gasteiger partial charge in [-0.2, -0.15) is 0 Å². The molecule has 0 fully saturated rings. The minimum absolute atomic E-state index is 0.119. The van der Waals surface area contributed by atoms with Crippen LogP contribution in [0.25, 0.3) is 0 Å². The molecule has 0 aromatic rings. The molecule has 1 heterocycles. The number of fused-ring (bicyclic) bond motifs is 1. The number of hydrogen-bond acceptors (Lipinski definition) is 1. The van der Waals surface area contributed by atoms with E-state index in [0.29, 0.717) is 5.92 Å². The van der Waals surface area contributed by atoms with Crippen molar-refractivity contribution in [1.29, 1.82) is 0 Å². The van der Waals surface area contributed by atoms with Crippen molar-refractivity contribution in [3.8, 4) is 0 Å². The summed E-state index contributed by atoms with van der Waals surface area (Å²) in [6, 6.07) is 0. The average molecular weight is 191 g/mol. The molecule has 1 aliphatic heterocycles. The fraction of sp³-hybridized carbons (Fsp3) is 0.300. The molecule has 0 bridgehead atoms. The Hall–Kier alpha value is -1.09. The van der Waals surface area contributed by atoms with Gasteiger partial charge in [-0.05, 0) is 17.6 Å². The fourth-order valence-corrected chi connectivity index (χ4v) is 1.78. The monoisotopic (exact) mass is 191 g/mol. The second kappa shape index (κ2) is 3.34. The van der Waals surface area contributed by atoms with Gasteiger partial charge in [0.1, 0.15) is 0 Å². The lowest BCUT2D eigenvalue weighted by Gasteiger charge is -2.03. The molecule has 0 atom stereocenters. The molecular formula is C10H11O2Si+. The van der Waals surface area contributed by atoms with E-state index in [0.717, 1.165) is 11.5 Å². The normalized spacial score (nSPS) is 20.1. The highest BCUT2D eigenvalue weighted by molar-refractivity contribution is 6.25. The molecule has 0 saturated carbocycles. The van der Waals surface area contributed by atoms with Crippen LogP contribution in [0, 0.1) is 5.92 Å². The van der Waals surface area contributed by atoms with Crippen LogP contribution in [0.1, 0.15) is 13.8 Å². The molecule has 13 heavy (non-hydrogen) atoms. The second-order valence-electron chi connectivity index (χ2n) is 3.34. The molecule has 2 aliphatic rings. The minimum Gasteiger partial charge on any atom is -0.452 e. The van der Waals surface area contributed by atoms with Crippen molar-refractivity contribution in [3.05, 3.63) is 35.6 Å². The van der Waals surface area contributed by atoms with Gasteiger partial charge in [0, 0.05) is 6.08 Å². The third kappa shape index (κ3) is 1.65. The summed E-state index contributed by atoms with van der Waals surface area (Å²) in [5, 5.41) is 0. The first-order valence-corrected chi connectivity index (χ1v) is 5.15. The molecule has 66 valence electrons. The third-order valence-corrected chi connectivity index (χ3v) is 2.65. The number of rotatable bonds is 1. The topological polar surface area (TPSA) is 20.5 Å². The number of allylic oxidation sites excluding steroid dienone is 5. The Kier molecular flexibility index (Phi) is 2.18. The van der Waals surface area contributed by atoms with Crippen LogP contribution in [-0.4, -0.2) is 15.8 Å². The zero-order chi connectivity index (χ0) is 9.26. The molecule has 0 aromatic heterocycles. The minimum atomic E-state index is 0.119. The first kappa shape index (κ1) is 8.50. The molecule has 2 radical (unpaired) electrons. The Labute approximate surface area is 80.4 Å². The Balaban J connectivity index is 2.35. The lowest BCUT2D eigenvalue weighted by Crippen LogP contribution is -1.97. The maximum atomic E-state index is 5.35. The Morgan fingerprint density at radius 1 is 1.46 bits per heavy atom. The standard InChI is InChI=1S/C10H11O2Si/c1-7(2)8-4-3-5-9-10(6-8)12-13-11-9/h3-7H,1-2H3/q+1. The quantitative estimate of drug-likeness (QED) is 0.456. The van der Waals surface area contributed by atoms with Gasteiger partial charge >= 0.3 is 15.8 Å². The molecule has 2 nitrogen and oxygen atoms in total. The largest absolute Gasteiger partial charge is 1.03 e. The maximum Gasteiger partial charge on any atom is 1.03 e. The Morgan fingerprint density at radius 3 is 3.08 bits per heavy atom. The first-order chi connectivity index (χ1) is 6.27. The average Bonchev–Trinajstić information content (AvgIpc) is 2.42. The molecule has 2 rings (SSSR count). The van der Waals surface area contributed by atoms with Gasteiger partial charge in [0.05, 0.1) is 0 Å². The van der Waals surface area contributed by atoms with E-state index < -0.39 is 0 Å². The number of carbonyl (C=O) groups excluding carboxylic acids is 1. The molecule has 1 aliphatic carbocycles. The summed E-state index contributed by atoms with van der Waals surface area (Å²) in [7, 11) is 0.119. The molecular weight excluding hydrogens is 180 g/mol. The summed E-state index contributed by atoms with van der Waals surface area (Å²) in [4.78, 5) is 0. The lowest BCUT2D eigenvalue weighted by molar-refractivity contribution is -0.287. The summed E-state index contributed by atoms with van der Waals surface area (Å²) >= 11 is 0. The van der Waals surface area contributed by atoms with Crippen LogP contribution >= 0.6 is 0 Å². The van der Waals surface area contributed by atoms with Crippen molar-refractivity contribution < 1.29 is 8.54 Å². The van der Waals surface area contributed by atoms with Gasteiger partial charge in [-0.3, -0.25) is 0 Å². The third-order valence-electron chi connectivity index (χ3n) is 2.05. The molecule has 0 amide bonds. The van der Waals surface area contributed by atoms with Crippen molar-refractivity contribution in [3.63, 3.8) is 0 Å². The predicted octanol–water partition coefficient (Wildman–Crippen LogP) is 1.69. The van der Waals surface area contributed by atoms with Gasteiger partial charge in [0.2, 0.25) is 5.76 Å². The smallest absolute Gasteiger partial charge is 0.452 e. The van der Waals surface area contributed by atoms with E-state index in [2.05, 4.69) is 26.0 Å². The van der Waals surface area contributed by atoms with Gasteiger partial charge in [-0.1, -0.05) is 26.0 Å². The molecule has 0 spiro atoms. The van der Waals surface area contributed by atoms with Gasteiger partial charge in [-0.15, -0.1) is 0 Å². The number of hydrogen-bond donors (Lipinski definition) is 0. The molecule has 0 N–H and O–H groups in total. The zero-order valence-corrected chi connectivity index (χ0v) is 8.70. The first-order valence-electron chi connectivity index (χ1n) is 4.33. The van der Waals surface area contributed by atoms with Gasteiger partial charge in [0.15, 0.2) is 0 Å². The van der Waals surface area contributed by atoms with Crippen LogP contribution in [0.3, 0.4) is 0 Å². The fourth-order valence-electron chi connectivity index (χ4n) is 1.23. The van der Waals surface area contributed by atoms with E-state index in [1.54, 1.807) is 0 Å². The second-order valence-corrected chi connectivity index (χ2v) is 3.92. The van der Waals surface area contributed by atoms with Gasteiger partial charge in [-0.25, -0.2) is 0 Å². The summed E-state index contributed by atoms with van der Waals surface area (Å²) < 4.78 is 10.7. The van der Waals surface area contributed by atoms with Crippen molar-refractivity contribution in [1.82, 2.24) is 0 Å². The van der Waals surface area contributed by atoms with Crippen LogP contribution in [0.5, 0.6) is 0 Å². The Bertz CT molecular complexity index is 335. The van der Waals surface area contributed by atoms with E-state index >= 15 is 0 Å². The Morgan fingerprint density at radius 2 is 2.31 bits per heavy atom. The van der Waals surface area contributed by atoms with Gasteiger partial charge in [0.25, 0.3) is 0 Å². The molecule has 0 saturated heterocycles. The molecule has 0 unspecified atom stereocenters. The van der Waals surface area contributed by atoms with E-state index in [-0.39, 0.29) is 10.0 Å². The molecule has 3 heteroatoms. The predicted molar refractivity (Wildman–Crippen MR) is 52.0 cm³/mol. The molecule has 0 aromatic carbocycles. The highest BCUT2D eigenvalue weighted by atomic mass is 28.2. The lowest BCUT2D eigenvalue weighted by atomic mass is 10.0. The van der Waals surface area contributed by atoms with E-state index in [1.807, 2.05) is 12.2 Å². The number of ketones is 1. The highest BCUT2D eigenvalue weighted by Gasteiger charge is 2.33. The van der Waals surface area contributed by atoms with Crippen LogP contribution < -0.4 is 0 Å². The zero-order valence-electron chi connectivity index (χ0n) is 7.70. The van der Waals surface area contributed by atoms with Crippen LogP contribution in [0.15, 0.2) is 35.6 Å². The van der Waals surface area contributed by atoms with Crippen molar-refractivity contribution in [2.45, 2.75) is 13.8 Å². The highest BCUT2D eigenvalue weighted by Crippen LogP contribution is 2.19. The summed E-state index contributed by atoms with van der Waals surface area (Å²) in [6.45, 7) is 4.33. The maximum absolute atomic E-state index is 5.35. The van der Waals surface area contributed by atoms with Crippen molar-refractivity contribution in [2.24, 2.45) is 5.92 Å².